The molecule has 2 aromatic rings. The van der Waals surface area contributed by atoms with Crippen molar-refractivity contribution >= 4 is 5.91 Å². The van der Waals surface area contributed by atoms with E-state index in [1.165, 1.54) is 0 Å². The summed E-state index contributed by atoms with van der Waals surface area (Å²) in [6, 6.07) is 12.8. The SMILES string of the molecule is CCC(Oc1ccccc1OC)C(=O)NC1CC(C)(C)Oc2cc(OC)ccc21. The van der Waals surface area contributed by atoms with Crippen LogP contribution in [0.25, 0.3) is 0 Å². The van der Waals surface area contributed by atoms with Gasteiger partial charge in [0.15, 0.2) is 17.6 Å². The predicted octanol–water partition coefficient (Wildman–Crippen LogP) is 4.28. The van der Waals surface area contributed by atoms with Crippen molar-refractivity contribution in [3.8, 4) is 23.0 Å². The molecule has 0 saturated carbocycles. The summed E-state index contributed by atoms with van der Waals surface area (Å²) in [5.74, 6) is 2.43. The van der Waals surface area contributed by atoms with Gasteiger partial charge in [0.1, 0.15) is 17.1 Å². The van der Waals surface area contributed by atoms with E-state index in [9.17, 15) is 4.79 Å². The third kappa shape index (κ3) is 4.75. The fourth-order valence-electron chi connectivity index (χ4n) is 3.54. The molecule has 0 fully saturated rings. The minimum Gasteiger partial charge on any atom is -0.497 e. The lowest BCUT2D eigenvalue weighted by molar-refractivity contribution is -0.129. The number of carbonyl (C=O) groups is 1. The number of methoxy groups -OCH3 is 2. The Morgan fingerprint density at radius 2 is 1.90 bits per heavy atom. The molecule has 0 saturated heterocycles. The lowest BCUT2D eigenvalue weighted by Gasteiger charge is -2.38. The van der Waals surface area contributed by atoms with Gasteiger partial charge in [-0.25, -0.2) is 0 Å². The second kappa shape index (κ2) is 8.64. The predicted molar refractivity (Wildman–Crippen MR) is 111 cm³/mol. The van der Waals surface area contributed by atoms with Crippen molar-refractivity contribution in [3.63, 3.8) is 0 Å². The average molecular weight is 399 g/mol. The van der Waals surface area contributed by atoms with E-state index in [4.69, 9.17) is 18.9 Å². The first kappa shape index (κ1) is 20.8. The number of benzene rings is 2. The summed E-state index contributed by atoms with van der Waals surface area (Å²) >= 11 is 0. The monoisotopic (exact) mass is 399 g/mol. The Kier molecular flexibility index (Phi) is 6.20. The zero-order valence-corrected chi connectivity index (χ0v) is 17.7. The maximum absolute atomic E-state index is 13.0. The van der Waals surface area contributed by atoms with E-state index in [1.54, 1.807) is 20.3 Å². The molecular formula is C23H29NO5. The van der Waals surface area contributed by atoms with Crippen molar-refractivity contribution in [2.24, 2.45) is 0 Å². The smallest absolute Gasteiger partial charge is 0.261 e. The largest absolute Gasteiger partial charge is 0.497 e. The Balaban J connectivity index is 1.80. The molecule has 1 N–H and O–H groups in total. The molecule has 2 aromatic carbocycles. The van der Waals surface area contributed by atoms with Crippen LogP contribution >= 0.6 is 0 Å². The van der Waals surface area contributed by atoms with Gasteiger partial charge in [-0.05, 0) is 44.5 Å². The number of ether oxygens (including phenoxy) is 4. The molecule has 1 aliphatic rings. The first-order valence-electron chi connectivity index (χ1n) is 9.84. The molecule has 2 unspecified atom stereocenters. The number of hydrogen-bond donors (Lipinski definition) is 1. The normalized spacial score (nSPS) is 18.0. The molecule has 0 bridgehead atoms. The van der Waals surface area contributed by atoms with Crippen molar-refractivity contribution < 1.29 is 23.7 Å². The first-order valence-corrected chi connectivity index (χ1v) is 9.84. The Morgan fingerprint density at radius 3 is 2.55 bits per heavy atom. The lowest BCUT2D eigenvalue weighted by atomic mass is 9.89. The van der Waals surface area contributed by atoms with Crippen molar-refractivity contribution in [1.82, 2.24) is 5.32 Å². The molecule has 2 atom stereocenters. The van der Waals surface area contributed by atoms with Gasteiger partial charge in [0.2, 0.25) is 0 Å². The lowest BCUT2D eigenvalue weighted by Crippen LogP contribution is -2.45. The molecule has 0 aromatic heterocycles. The molecule has 1 heterocycles. The molecule has 156 valence electrons. The zero-order valence-electron chi connectivity index (χ0n) is 17.7. The minimum absolute atomic E-state index is 0.164. The summed E-state index contributed by atoms with van der Waals surface area (Å²) < 4.78 is 22.7. The average Bonchev–Trinajstić information content (AvgIpc) is 2.70. The molecule has 1 amide bonds. The van der Waals surface area contributed by atoms with Gasteiger partial charge in [-0.2, -0.15) is 0 Å². The highest BCUT2D eigenvalue weighted by Gasteiger charge is 2.36. The Labute approximate surface area is 172 Å². The van der Waals surface area contributed by atoms with Crippen LogP contribution in [0.5, 0.6) is 23.0 Å². The van der Waals surface area contributed by atoms with Gasteiger partial charge in [-0.15, -0.1) is 0 Å². The maximum atomic E-state index is 13.0. The molecule has 3 rings (SSSR count). The number of para-hydroxylation sites is 2. The van der Waals surface area contributed by atoms with Crippen LogP contribution in [-0.2, 0) is 4.79 Å². The Bertz CT molecular complexity index is 864. The van der Waals surface area contributed by atoms with Crippen LogP contribution in [0, 0.1) is 0 Å². The molecule has 0 radical (unpaired) electrons. The number of nitrogens with one attached hydrogen (secondary N) is 1. The highest BCUT2D eigenvalue weighted by atomic mass is 16.5. The number of fused-ring (bicyclic) bond motifs is 1. The van der Waals surface area contributed by atoms with E-state index < -0.39 is 11.7 Å². The van der Waals surface area contributed by atoms with Gasteiger partial charge in [-0.3, -0.25) is 4.79 Å². The third-order valence-electron chi connectivity index (χ3n) is 5.00. The molecule has 0 spiro atoms. The van der Waals surface area contributed by atoms with Gasteiger partial charge in [0.25, 0.3) is 5.91 Å². The standard InChI is InChI=1S/C23H29NO5/c1-6-18(28-20-10-8-7-9-19(20)27-5)22(25)24-17-14-23(2,3)29-21-13-15(26-4)11-12-16(17)21/h7-13,17-18H,6,14H2,1-5H3,(H,24,25). The van der Waals surface area contributed by atoms with E-state index in [0.29, 0.717) is 24.3 Å². The van der Waals surface area contributed by atoms with Gasteiger partial charge in [-0.1, -0.05) is 19.1 Å². The number of rotatable bonds is 7. The van der Waals surface area contributed by atoms with Crippen LogP contribution in [0.4, 0.5) is 0 Å². The first-order chi connectivity index (χ1) is 13.9. The van der Waals surface area contributed by atoms with Gasteiger partial charge < -0.3 is 24.3 Å². The van der Waals surface area contributed by atoms with Crippen LogP contribution in [0.1, 0.15) is 45.2 Å². The molecule has 6 heteroatoms. The van der Waals surface area contributed by atoms with Gasteiger partial charge in [0.05, 0.1) is 20.3 Å². The highest BCUT2D eigenvalue weighted by molar-refractivity contribution is 5.81. The van der Waals surface area contributed by atoms with Crippen molar-refractivity contribution in [3.05, 3.63) is 48.0 Å². The third-order valence-corrected chi connectivity index (χ3v) is 5.00. The Hall–Kier alpha value is -2.89. The fourth-order valence-corrected chi connectivity index (χ4v) is 3.54. The van der Waals surface area contributed by atoms with E-state index in [0.717, 1.165) is 17.1 Å². The highest BCUT2D eigenvalue weighted by Crippen LogP contribution is 2.41. The summed E-state index contributed by atoms with van der Waals surface area (Å²) in [4.78, 5) is 13.0. The molecule has 29 heavy (non-hydrogen) atoms. The Morgan fingerprint density at radius 1 is 1.17 bits per heavy atom. The maximum Gasteiger partial charge on any atom is 0.261 e. The van der Waals surface area contributed by atoms with Crippen LogP contribution in [-0.4, -0.2) is 31.8 Å². The number of amides is 1. The number of hydrogen-bond acceptors (Lipinski definition) is 5. The van der Waals surface area contributed by atoms with Crippen LogP contribution in [0.2, 0.25) is 0 Å². The summed E-state index contributed by atoms with van der Waals surface area (Å²) in [6.45, 7) is 5.95. The fraction of sp³-hybridized carbons (Fsp3) is 0.435. The van der Waals surface area contributed by atoms with Gasteiger partial charge in [0, 0.05) is 18.1 Å². The second-order valence-corrected chi connectivity index (χ2v) is 7.70. The summed E-state index contributed by atoms with van der Waals surface area (Å²) in [5.41, 5.74) is 0.522. The summed E-state index contributed by atoms with van der Waals surface area (Å²) in [6.07, 6.45) is 0.564. The summed E-state index contributed by atoms with van der Waals surface area (Å²) in [5, 5.41) is 3.15. The van der Waals surface area contributed by atoms with Crippen LogP contribution in [0.3, 0.4) is 0 Å². The summed E-state index contributed by atoms with van der Waals surface area (Å²) in [7, 11) is 3.20. The van der Waals surface area contributed by atoms with Crippen molar-refractivity contribution in [2.45, 2.75) is 51.4 Å². The van der Waals surface area contributed by atoms with Crippen molar-refractivity contribution in [1.29, 1.82) is 0 Å². The molecule has 1 aliphatic heterocycles. The van der Waals surface area contributed by atoms with Crippen molar-refractivity contribution in [2.75, 3.05) is 14.2 Å². The zero-order chi connectivity index (χ0) is 21.0. The topological polar surface area (TPSA) is 66.0 Å². The van der Waals surface area contributed by atoms with Crippen LogP contribution in [0.15, 0.2) is 42.5 Å². The van der Waals surface area contributed by atoms with E-state index in [2.05, 4.69) is 5.32 Å². The van der Waals surface area contributed by atoms with Crippen LogP contribution < -0.4 is 24.3 Å². The molecule has 0 aliphatic carbocycles. The van der Waals surface area contributed by atoms with E-state index >= 15 is 0 Å². The molecule has 6 nitrogen and oxygen atoms in total. The van der Waals surface area contributed by atoms with E-state index in [-0.39, 0.29) is 11.9 Å². The minimum atomic E-state index is -0.626. The van der Waals surface area contributed by atoms with Gasteiger partial charge >= 0.3 is 0 Å². The quantitative estimate of drug-likeness (QED) is 0.753. The number of carbonyl (C=O) groups excluding carboxylic acids is 1. The van der Waals surface area contributed by atoms with E-state index in [1.807, 2.05) is 57.2 Å². The molecular weight excluding hydrogens is 370 g/mol. The second-order valence-electron chi connectivity index (χ2n) is 7.70.